The topological polar surface area (TPSA) is 42.1 Å². The van der Waals surface area contributed by atoms with E-state index in [1.54, 1.807) is 0 Å². The van der Waals surface area contributed by atoms with Gasteiger partial charge in [0.15, 0.2) is 0 Å². The molecule has 1 saturated heterocycles. The Bertz CT molecular complexity index is 389. The third kappa shape index (κ3) is 3.06. The second kappa shape index (κ2) is 5.46. The molecular weight excluding hydrogens is 254 g/mol. The Morgan fingerprint density at radius 1 is 1.41 bits per heavy atom. The molecule has 0 spiro atoms. The van der Waals surface area contributed by atoms with Gasteiger partial charge < -0.3 is 10.6 Å². The van der Waals surface area contributed by atoms with Crippen LogP contribution in [0.2, 0.25) is 5.02 Å². The predicted molar refractivity (Wildman–Crippen MR) is 75.9 cm³/mol. The van der Waals surface area contributed by atoms with Crippen LogP contribution in [-0.2, 0) is 6.54 Å². The molecule has 2 unspecified atom stereocenters. The summed E-state index contributed by atoms with van der Waals surface area (Å²) in [6.07, 6.45) is 0. The minimum absolute atomic E-state index is 0.389. The van der Waals surface area contributed by atoms with Crippen LogP contribution in [0, 0.1) is 0 Å². The summed E-state index contributed by atoms with van der Waals surface area (Å²) in [5.74, 6) is 0.994. The number of hydrogen-bond donors (Lipinski definition) is 1. The van der Waals surface area contributed by atoms with Gasteiger partial charge in [-0.2, -0.15) is 11.8 Å². The monoisotopic (exact) mass is 271 g/mol. The highest BCUT2D eigenvalue weighted by Gasteiger charge is 2.23. The van der Waals surface area contributed by atoms with E-state index in [4.69, 9.17) is 17.3 Å². The quantitative estimate of drug-likeness (QED) is 0.898. The Morgan fingerprint density at radius 2 is 2.06 bits per heavy atom. The van der Waals surface area contributed by atoms with E-state index in [0.29, 0.717) is 22.1 Å². The van der Waals surface area contributed by atoms with Gasteiger partial charge in [-0.15, -0.1) is 0 Å². The summed E-state index contributed by atoms with van der Waals surface area (Å²) in [6, 6.07) is 3.88. The van der Waals surface area contributed by atoms with Crippen molar-refractivity contribution in [3.8, 4) is 0 Å². The molecule has 3 nitrogen and oxygen atoms in total. The fraction of sp³-hybridized carbons (Fsp3) is 0.583. The van der Waals surface area contributed by atoms with Gasteiger partial charge in [-0.25, -0.2) is 4.98 Å². The molecule has 1 aliphatic heterocycles. The Hall–Kier alpha value is -0.450. The minimum atomic E-state index is 0.389. The largest absolute Gasteiger partial charge is 0.354 e. The van der Waals surface area contributed by atoms with Crippen LogP contribution in [0.3, 0.4) is 0 Å². The van der Waals surface area contributed by atoms with Gasteiger partial charge in [-0.3, -0.25) is 0 Å². The maximum absolute atomic E-state index is 6.03. The molecule has 2 N–H and O–H groups in total. The van der Waals surface area contributed by atoms with Crippen molar-refractivity contribution in [3.05, 3.63) is 22.8 Å². The first-order valence-electron chi connectivity index (χ1n) is 5.86. The zero-order valence-electron chi connectivity index (χ0n) is 10.2. The second-order valence-corrected chi connectivity index (χ2v) is 6.75. The lowest BCUT2D eigenvalue weighted by atomic mass is 10.3. The van der Waals surface area contributed by atoms with Crippen molar-refractivity contribution in [1.82, 2.24) is 4.98 Å². The number of thioether (sulfide) groups is 1. The van der Waals surface area contributed by atoms with Crippen LogP contribution >= 0.6 is 23.4 Å². The molecule has 2 atom stereocenters. The van der Waals surface area contributed by atoms with E-state index in [9.17, 15) is 0 Å². The summed E-state index contributed by atoms with van der Waals surface area (Å²) in [5, 5.41) is 1.93. The van der Waals surface area contributed by atoms with Crippen LogP contribution in [0.5, 0.6) is 0 Å². The fourth-order valence-corrected chi connectivity index (χ4v) is 3.66. The lowest BCUT2D eigenvalue weighted by Gasteiger charge is -2.35. The summed E-state index contributed by atoms with van der Waals surface area (Å²) >= 11 is 8.06. The van der Waals surface area contributed by atoms with E-state index in [1.165, 1.54) is 0 Å². The smallest absolute Gasteiger partial charge is 0.129 e. The first-order valence-corrected chi connectivity index (χ1v) is 7.18. The van der Waals surface area contributed by atoms with E-state index in [0.717, 1.165) is 24.6 Å². The molecule has 0 saturated carbocycles. The van der Waals surface area contributed by atoms with Crippen molar-refractivity contribution >= 4 is 29.2 Å². The van der Waals surface area contributed by atoms with Gasteiger partial charge >= 0.3 is 0 Å². The van der Waals surface area contributed by atoms with Gasteiger partial charge in [0.05, 0.1) is 10.7 Å². The van der Waals surface area contributed by atoms with Crippen molar-refractivity contribution in [1.29, 1.82) is 0 Å². The molecule has 17 heavy (non-hydrogen) atoms. The molecule has 1 aromatic heterocycles. The highest BCUT2D eigenvalue weighted by Crippen LogP contribution is 2.28. The average Bonchev–Trinajstić information content (AvgIpc) is 2.28. The van der Waals surface area contributed by atoms with E-state index in [2.05, 4.69) is 23.7 Å². The summed E-state index contributed by atoms with van der Waals surface area (Å²) in [6.45, 7) is 6.97. The zero-order valence-corrected chi connectivity index (χ0v) is 11.8. The van der Waals surface area contributed by atoms with Crippen molar-refractivity contribution in [2.75, 3.05) is 18.0 Å². The molecule has 0 bridgehead atoms. The van der Waals surface area contributed by atoms with Crippen molar-refractivity contribution in [2.45, 2.75) is 30.9 Å². The lowest BCUT2D eigenvalue weighted by molar-refractivity contribution is 0.716. The number of nitrogens with two attached hydrogens (primary N) is 1. The Balaban J connectivity index is 2.21. The van der Waals surface area contributed by atoms with Gasteiger partial charge in [0, 0.05) is 30.1 Å². The van der Waals surface area contributed by atoms with Gasteiger partial charge in [-0.1, -0.05) is 25.4 Å². The Morgan fingerprint density at radius 3 is 2.65 bits per heavy atom. The van der Waals surface area contributed by atoms with Crippen LogP contribution in [-0.4, -0.2) is 28.6 Å². The molecule has 2 rings (SSSR count). The van der Waals surface area contributed by atoms with Gasteiger partial charge in [-0.05, 0) is 12.1 Å². The maximum atomic E-state index is 6.03. The summed E-state index contributed by atoms with van der Waals surface area (Å²) in [7, 11) is 0. The summed E-state index contributed by atoms with van der Waals surface area (Å²) < 4.78 is 0. The highest BCUT2D eigenvalue weighted by molar-refractivity contribution is 8.00. The van der Waals surface area contributed by atoms with Crippen LogP contribution < -0.4 is 10.6 Å². The van der Waals surface area contributed by atoms with E-state index in [-0.39, 0.29) is 0 Å². The molecule has 1 aliphatic rings. The predicted octanol–water partition coefficient (Wildman–Crippen LogP) is 2.52. The van der Waals surface area contributed by atoms with Crippen LogP contribution in [0.1, 0.15) is 19.5 Å². The van der Waals surface area contributed by atoms with E-state index >= 15 is 0 Å². The molecule has 2 heterocycles. The third-order valence-corrected chi connectivity index (χ3v) is 4.41. The number of pyridine rings is 1. The zero-order chi connectivity index (χ0) is 12.4. The van der Waals surface area contributed by atoms with Crippen LogP contribution in [0.4, 0.5) is 5.82 Å². The van der Waals surface area contributed by atoms with Crippen molar-refractivity contribution in [3.63, 3.8) is 0 Å². The van der Waals surface area contributed by atoms with Gasteiger partial charge in [0.1, 0.15) is 5.82 Å². The van der Waals surface area contributed by atoms with Crippen LogP contribution in [0.25, 0.3) is 0 Å². The Labute approximate surface area is 112 Å². The number of halogens is 1. The second-order valence-electron chi connectivity index (χ2n) is 4.46. The SMILES string of the molecule is CC1CN(c2ccc(Cl)c(CN)n2)CC(C)S1. The van der Waals surface area contributed by atoms with Gasteiger partial charge in [0.2, 0.25) is 0 Å². The van der Waals surface area contributed by atoms with Crippen molar-refractivity contribution < 1.29 is 0 Å². The fourth-order valence-electron chi connectivity index (χ4n) is 2.16. The molecule has 0 radical (unpaired) electrons. The number of anilines is 1. The first-order chi connectivity index (χ1) is 8.10. The van der Waals surface area contributed by atoms with E-state index < -0.39 is 0 Å². The molecular formula is C12H18ClN3S. The van der Waals surface area contributed by atoms with Crippen molar-refractivity contribution in [2.24, 2.45) is 5.73 Å². The molecule has 94 valence electrons. The average molecular weight is 272 g/mol. The van der Waals surface area contributed by atoms with E-state index in [1.807, 2.05) is 23.9 Å². The highest BCUT2D eigenvalue weighted by atomic mass is 35.5. The molecule has 5 heteroatoms. The molecule has 0 aromatic carbocycles. The standard InChI is InChI=1S/C12H18ClN3S/c1-8-6-16(7-9(2)17-8)12-4-3-10(13)11(5-14)15-12/h3-4,8-9H,5-7,14H2,1-2H3. The maximum Gasteiger partial charge on any atom is 0.129 e. The molecule has 0 amide bonds. The summed E-state index contributed by atoms with van der Waals surface area (Å²) in [4.78, 5) is 6.86. The lowest BCUT2D eigenvalue weighted by Crippen LogP contribution is -2.40. The number of aromatic nitrogens is 1. The number of nitrogens with zero attached hydrogens (tertiary/aromatic N) is 2. The minimum Gasteiger partial charge on any atom is -0.354 e. The van der Waals surface area contributed by atoms with Gasteiger partial charge in [0.25, 0.3) is 0 Å². The van der Waals surface area contributed by atoms with Crippen LogP contribution in [0.15, 0.2) is 12.1 Å². The number of hydrogen-bond acceptors (Lipinski definition) is 4. The first kappa shape index (κ1) is 13.0. The molecule has 0 aliphatic carbocycles. The third-order valence-electron chi connectivity index (χ3n) is 2.84. The summed E-state index contributed by atoms with van der Waals surface area (Å²) in [5.41, 5.74) is 6.41. The Kier molecular flexibility index (Phi) is 4.17. The molecule has 1 aromatic rings. The normalized spacial score (nSPS) is 25.1. The molecule has 1 fully saturated rings. The number of rotatable bonds is 2.